The fraction of sp³-hybridized carbons (Fsp3) is 0.625. The fourth-order valence-corrected chi connectivity index (χ4v) is 4.30. The smallest absolute Gasteiger partial charge is 0.331 e. The van der Waals surface area contributed by atoms with Crippen molar-refractivity contribution in [1.29, 1.82) is 0 Å². The molecule has 3 rings (SSSR count). The Balaban J connectivity index is 1.84. The van der Waals surface area contributed by atoms with Gasteiger partial charge in [0.2, 0.25) is 11.5 Å². The zero-order valence-electron chi connectivity index (χ0n) is 21.4. The Bertz CT molecular complexity index is 975. The van der Waals surface area contributed by atoms with Gasteiger partial charge in [-0.05, 0) is 23.8 Å². The van der Waals surface area contributed by atoms with Crippen LogP contribution in [0.25, 0.3) is 6.08 Å². The molecule has 0 amide bonds. The van der Waals surface area contributed by atoms with Crippen LogP contribution in [0, 0.1) is 0 Å². The van der Waals surface area contributed by atoms with Crippen LogP contribution in [-0.2, 0) is 23.7 Å². The number of aliphatic hydroxyl groups is 7. The molecule has 220 valence electrons. The minimum atomic E-state index is -2.38. The number of ether oxygens (including phenoxy) is 7. The Hall–Kier alpha value is -2.57. The maximum atomic E-state index is 12.7. The molecule has 0 bridgehead atoms. The lowest BCUT2D eigenvalue weighted by Crippen LogP contribution is -2.63. The normalized spacial score (nSPS) is 34.7. The van der Waals surface area contributed by atoms with Gasteiger partial charge in [-0.25, -0.2) is 4.79 Å². The molecule has 9 atom stereocenters. The molecule has 0 saturated carbocycles. The molecule has 1 aromatic rings. The molecule has 2 saturated heterocycles. The van der Waals surface area contributed by atoms with Crippen LogP contribution >= 0.6 is 0 Å². The number of carbonyl (C=O) groups excluding carboxylic acids is 1. The quantitative estimate of drug-likeness (QED) is 0.105. The molecule has 0 aliphatic carbocycles. The monoisotopic (exact) mass is 562 g/mol. The highest BCUT2D eigenvalue weighted by Crippen LogP contribution is 2.39. The molecule has 0 spiro atoms. The second-order valence-corrected chi connectivity index (χ2v) is 8.76. The first-order valence-electron chi connectivity index (χ1n) is 11.8. The summed E-state index contributed by atoms with van der Waals surface area (Å²) in [6.45, 7) is -2.59. The van der Waals surface area contributed by atoms with E-state index in [1.807, 2.05) is 0 Å². The number of hydrogen-bond donors (Lipinski definition) is 7. The number of aliphatic hydroxyl groups excluding tert-OH is 7. The van der Waals surface area contributed by atoms with Crippen LogP contribution in [0.4, 0.5) is 0 Å². The second kappa shape index (κ2) is 13.2. The van der Waals surface area contributed by atoms with Gasteiger partial charge in [0, 0.05) is 6.08 Å². The summed E-state index contributed by atoms with van der Waals surface area (Å²) in [4.78, 5) is 12.7. The third-order valence-corrected chi connectivity index (χ3v) is 6.38. The first-order chi connectivity index (χ1) is 18.6. The van der Waals surface area contributed by atoms with Gasteiger partial charge in [-0.2, -0.15) is 0 Å². The summed E-state index contributed by atoms with van der Waals surface area (Å²) in [5.74, 6) is -2.43. The maximum absolute atomic E-state index is 12.7. The second-order valence-electron chi connectivity index (χ2n) is 8.76. The van der Waals surface area contributed by atoms with Crippen molar-refractivity contribution in [3.63, 3.8) is 0 Å². The van der Waals surface area contributed by atoms with E-state index in [-0.39, 0.29) is 0 Å². The lowest BCUT2D eigenvalue weighted by atomic mass is 9.99. The number of carbonyl (C=O) groups is 1. The molecule has 0 radical (unpaired) electrons. The zero-order chi connectivity index (χ0) is 28.9. The lowest BCUT2D eigenvalue weighted by Gasteiger charge is -2.43. The molecule has 39 heavy (non-hydrogen) atoms. The van der Waals surface area contributed by atoms with Crippen molar-refractivity contribution in [3.8, 4) is 17.2 Å². The van der Waals surface area contributed by atoms with Crippen molar-refractivity contribution in [2.24, 2.45) is 0 Å². The van der Waals surface area contributed by atoms with E-state index in [0.29, 0.717) is 22.8 Å². The van der Waals surface area contributed by atoms with Crippen molar-refractivity contribution in [2.45, 2.75) is 54.8 Å². The SMILES string of the molecule is COc1cc(/C=C/C(=O)O[C@H]2[C@H](O)[C@@H](CO)O[C@@]2(CO)O[C@H]2O[C@H](CO)[C@@H](O)[C@H](O)[C@H]2O)cc(OC)c1OC. The van der Waals surface area contributed by atoms with E-state index in [2.05, 4.69) is 0 Å². The van der Waals surface area contributed by atoms with Gasteiger partial charge < -0.3 is 68.9 Å². The van der Waals surface area contributed by atoms with E-state index >= 15 is 0 Å². The van der Waals surface area contributed by atoms with Crippen molar-refractivity contribution in [3.05, 3.63) is 23.8 Å². The number of methoxy groups -OCH3 is 3. The highest BCUT2D eigenvalue weighted by Gasteiger charge is 2.60. The average Bonchev–Trinajstić information content (AvgIpc) is 3.21. The molecular formula is C24H34O15. The lowest BCUT2D eigenvalue weighted by molar-refractivity contribution is -0.383. The van der Waals surface area contributed by atoms with Gasteiger partial charge in [0.1, 0.15) is 43.2 Å². The van der Waals surface area contributed by atoms with Gasteiger partial charge in [0.05, 0.1) is 34.5 Å². The third kappa shape index (κ3) is 6.28. The van der Waals surface area contributed by atoms with E-state index in [1.165, 1.54) is 27.4 Å². The van der Waals surface area contributed by atoms with Crippen molar-refractivity contribution in [1.82, 2.24) is 0 Å². The molecule has 1 aromatic carbocycles. The predicted molar refractivity (Wildman–Crippen MR) is 128 cm³/mol. The van der Waals surface area contributed by atoms with Gasteiger partial charge in [-0.3, -0.25) is 0 Å². The van der Waals surface area contributed by atoms with Crippen LogP contribution in [0.3, 0.4) is 0 Å². The minimum Gasteiger partial charge on any atom is -0.493 e. The molecule has 2 fully saturated rings. The Morgan fingerprint density at radius 2 is 1.51 bits per heavy atom. The first kappa shape index (κ1) is 31.0. The topological polar surface area (TPSA) is 223 Å². The van der Waals surface area contributed by atoms with E-state index in [0.717, 1.165) is 6.08 Å². The Labute approximate surface area is 223 Å². The van der Waals surface area contributed by atoms with Crippen molar-refractivity contribution < 1.29 is 73.7 Å². The van der Waals surface area contributed by atoms with Crippen molar-refractivity contribution >= 4 is 12.0 Å². The summed E-state index contributed by atoms with van der Waals surface area (Å²) >= 11 is 0. The van der Waals surface area contributed by atoms with Gasteiger partial charge in [-0.15, -0.1) is 0 Å². The van der Waals surface area contributed by atoms with Gasteiger partial charge >= 0.3 is 5.97 Å². The zero-order valence-corrected chi connectivity index (χ0v) is 21.4. The predicted octanol–water partition coefficient (Wildman–Crippen LogP) is -3.11. The fourth-order valence-electron chi connectivity index (χ4n) is 4.30. The standard InChI is InChI=1S/C24H34O15/c1-33-12-6-11(7-13(34-2)21(12)35-3)4-5-16(28)37-22-18(30)15(9-26)38-24(22,10-27)39-23-20(32)19(31)17(29)14(8-25)36-23/h4-7,14-15,17-20,22-23,25-27,29-32H,8-10H2,1-3H3/b5-4+/t14-,15-,17-,18-,19+,20-,22+,23-,24+/m1/s1. The molecule has 15 nitrogen and oxygen atoms in total. The minimum absolute atomic E-state index is 0.322. The summed E-state index contributed by atoms with van der Waals surface area (Å²) in [7, 11) is 4.27. The van der Waals surface area contributed by atoms with E-state index in [4.69, 9.17) is 33.2 Å². The van der Waals surface area contributed by atoms with E-state index in [9.17, 15) is 40.5 Å². The molecule has 15 heteroatoms. The van der Waals surface area contributed by atoms with Crippen LogP contribution in [-0.4, -0.2) is 138 Å². The van der Waals surface area contributed by atoms with Crippen LogP contribution in [0.1, 0.15) is 5.56 Å². The Morgan fingerprint density at radius 3 is 2.03 bits per heavy atom. The number of hydrogen-bond acceptors (Lipinski definition) is 15. The summed E-state index contributed by atoms with van der Waals surface area (Å²) < 4.78 is 37.5. The summed E-state index contributed by atoms with van der Waals surface area (Å²) in [5, 5.41) is 70.3. The van der Waals surface area contributed by atoms with E-state index < -0.39 is 80.6 Å². The number of rotatable bonds is 11. The maximum Gasteiger partial charge on any atom is 0.331 e. The molecular weight excluding hydrogens is 528 g/mol. The Kier molecular flexibility index (Phi) is 10.5. The van der Waals surface area contributed by atoms with Crippen LogP contribution < -0.4 is 14.2 Å². The van der Waals surface area contributed by atoms with E-state index in [1.54, 1.807) is 12.1 Å². The highest BCUT2D eigenvalue weighted by molar-refractivity contribution is 5.87. The molecule has 0 unspecified atom stereocenters. The molecule has 2 aliphatic rings. The molecule has 0 aromatic heterocycles. The summed E-state index contributed by atoms with van der Waals surface area (Å²) in [6, 6.07) is 3.11. The third-order valence-electron chi connectivity index (χ3n) is 6.38. The Morgan fingerprint density at radius 1 is 0.897 bits per heavy atom. The number of esters is 1. The summed E-state index contributed by atoms with van der Waals surface area (Å²) in [5.41, 5.74) is 0.448. The molecule has 2 heterocycles. The van der Waals surface area contributed by atoms with Gasteiger partial charge in [0.15, 0.2) is 23.9 Å². The van der Waals surface area contributed by atoms with Gasteiger partial charge in [0.25, 0.3) is 0 Å². The average molecular weight is 563 g/mol. The van der Waals surface area contributed by atoms with Crippen LogP contribution in [0.15, 0.2) is 18.2 Å². The van der Waals surface area contributed by atoms with Crippen LogP contribution in [0.2, 0.25) is 0 Å². The molecule has 2 aliphatic heterocycles. The summed E-state index contributed by atoms with van der Waals surface area (Å²) in [6.07, 6.45) is -11.1. The highest BCUT2D eigenvalue weighted by atomic mass is 16.8. The number of benzene rings is 1. The largest absolute Gasteiger partial charge is 0.493 e. The first-order valence-corrected chi connectivity index (χ1v) is 11.8. The molecule has 7 N–H and O–H groups in total. The van der Waals surface area contributed by atoms with Crippen LogP contribution in [0.5, 0.6) is 17.2 Å². The van der Waals surface area contributed by atoms with Crippen molar-refractivity contribution in [2.75, 3.05) is 41.2 Å². The van der Waals surface area contributed by atoms with Gasteiger partial charge in [-0.1, -0.05) is 0 Å².